The molecule has 1 aromatic rings. The van der Waals surface area contributed by atoms with Crippen molar-refractivity contribution in [2.75, 3.05) is 6.61 Å². The van der Waals surface area contributed by atoms with Crippen molar-refractivity contribution in [2.45, 2.75) is 19.3 Å². The van der Waals surface area contributed by atoms with Gasteiger partial charge in [0.05, 0.1) is 6.61 Å². The van der Waals surface area contributed by atoms with Gasteiger partial charge in [0.1, 0.15) is 5.75 Å². The lowest BCUT2D eigenvalue weighted by molar-refractivity contribution is 0.316. The Morgan fingerprint density at radius 2 is 1.85 bits per heavy atom. The summed E-state index contributed by atoms with van der Waals surface area (Å²) in [4.78, 5) is 0. The first kappa shape index (κ1) is 7.19. The molecule has 1 saturated carbocycles. The summed E-state index contributed by atoms with van der Waals surface area (Å²) < 4.78 is 5.60. The number of hydrogen-bond acceptors (Lipinski definition) is 1. The van der Waals surface area contributed by atoms with Gasteiger partial charge in [0.25, 0.3) is 0 Å². The summed E-state index contributed by atoms with van der Waals surface area (Å²) in [5.74, 6) is 1.07. The van der Waals surface area contributed by atoms with E-state index in [9.17, 15) is 0 Å². The van der Waals surface area contributed by atoms with Gasteiger partial charge in [0, 0.05) is 12.0 Å². The van der Waals surface area contributed by atoms with Gasteiger partial charge >= 0.3 is 0 Å². The van der Waals surface area contributed by atoms with E-state index in [4.69, 9.17) is 4.74 Å². The molecule has 1 heteroatoms. The highest BCUT2D eigenvalue weighted by molar-refractivity contribution is 5.76. The molecule has 0 spiro atoms. The lowest BCUT2D eigenvalue weighted by Gasteiger charge is -2.19. The van der Waals surface area contributed by atoms with Crippen molar-refractivity contribution in [1.29, 1.82) is 0 Å². The minimum Gasteiger partial charge on any atom is -0.493 e. The molecule has 0 atom stereocenters. The Morgan fingerprint density at radius 1 is 1.00 bits per heavy atom. The Kier molecular flexibility index (Phi) is 1.45. The van der Waals surface area contributed by atoms with E-state index in [1.165, 1.54) is 18.4 Å². The quantitative estimate of drug-likeness (QED) is 0.584. The Hall–Kier alpha value is -1.24. The van der Waals surface area contributed by atoms with Crippen LogP contribution in [0.3, 0.4) is 0 Å². The average Bonchev–Trinajstić information content (AvgIpc) is 3.00. The van der Waals surface area contributed by atoms with E-state index in [0.717, 1.165) is 18.8 Å². The molecule has 13 heavy (non-hydrogen) atoms. The third-order valence-electron chi connectivity index (χ3n) is 2.75. The smallest absolute Gasteiger partial charge is 0.126 e. The first-order chi connectivity index (χ1) is 6.45. The largest absolute Gasteiger partial charge is 0.493 e. The van der Waals surface area contributed by atoms with E-state index >= 15 is 0 Å². The maximum Gasteiger partial charge on any atom is 0.126 e. The van der Waals surface area contributed by atoms with Gasteiger partial charge in [-0.3, -0.25) is 0 Å². The van der Waals surface area contributed by atoms with Crippen molar-refractivity contribution in [3.63, 3.8) is 0 Å². The maximum atomic E-state index is 5.60. The standard InChI is InChI=1S/C12H12O/c1-2-4-12-11(3-1)10(7-8-13-12)9-5-6-9/h1-4H,5-8H2. The second kappa shape index (κ2) is 2.63. The molecule has 2 aliphatic rings. The molecule has 1 nitrogen and oxygen atoms in total. The highest BCUT2D eigenvalue weighted by atomic mass is 16.5. The first-order valence-electron chi connectivity index (χ1n) is 4.88. The van der Waals surface area contributed by atoms with Crippen LogP contribution in [0.1, 0.15) is 24.8 Å². The number of allylic oxidation sites excluding steroid dienone is 1. The van der Waals surface area contributed by atoms with Crippen molar-refractivity contribution in [2.24, 2.45) is 0 Å². The maximum absolute atomic E-state index is 5.60. The molecule has 0 radical (unpaired) electrons. The van der Waals surface area contributed by atoms with Crippen LogP contribution < -0.4 is 4.74 Å². The lowest BCUT2D eigenvalue weighted by Crippen LogP contribution is -2.07. The molecule has 0 unspecified atom stereocenters. The molecular weight excluding hydrogens is 160 g/mol. The van der Waals surface area contributed by atoms with Gasteiger partial charge in [0.2, 0.25) is 0 Å². The first-order valence-corrected chi connectivity index (χ1v) is 4.88. The van der Waals surface area contributed by atoms with Crippen molar-refractivity contribution < 1.29 is 4.74 Å². The predicted octanol–water partition coefficient (Wildman–Crippen LogP) is 3.02. The second-order valence-corrected chi connectivity index (χ2v) is 3.68. The summed E-state index contributed by atoms with van der Waals surface area (Å²) in [7, 11) is 0. The average molecular weight is 172 g/mol. The zero-order valence-electron chi connectivity index (χ0n) is 7.55. The zero-order chi connectivity index (χ0) is 8.67. The topological polar surface area (TPSA) is 9.23 Å². The van der Waals surface area contributed by atoms with Crippen molar-refractivity contribution in [3.8, 4) is 5.75 Å². The minimum atomic E-state index is 0.857. The van der Waals surface area contributed by atoms with Gasteiger partial charge in [-0.25, -0.2) is 0 Å². The highest BCUT2D eigenvalue weighted by Crippen LogP contribution is 2.42. The van der Waals surface area contributed by atoms with Gasteiger partial charge in [-0.1, -0.05) is 23.8 Å². The second-order valence-electron chi connectivity index (χ2n) is 3.68. The summed E-state index contributed by atoms with van der Waals surface area (Å²) >= 11 is 0. The van der Waals surface area contributed by atoms with E-state index < -0.39 is 0 Å². The van der Waals surface area contributed by atoms with Crippen LogP contribution in [0.25, 0.3) is 5.57 Å². The number of rotatable bonds is 0. The normalized spacial score (nSPS) is 19.4. The molecule has 3 rings (SSSR count). The molecule has 0 bridgehead atoms. The third kappa shape index (κ3) is 1.15. The molecule has 0 amide bonds. The number of para-hydroxylation sites is 1. The van der Waals surface area contributed by atoms with Crippen LogP contribution in [-0.2, 0) is 0 Å². The number of benzene rings is 1. The van der Waals surface area contributed by atoms with Crippen molar-refractivity contribution >= 4 is 5.57 Å². The van der Waals surface area contributed by atoms with E-state index in [2.05, 4.69) is 18.2 Å². The molecule has 0 aromatic heterocycles. The SMILES string of the molecule is c1ccc2c(c1)OCCC2=C1CC1. The summed E-state index contributed by atoms with van der Waals surface area (Å²) in [5, 5.41) is 0. The Bertz CT molecular complexity index is 370. The van der Waals surface area contributed by atoms with E-state index in [1.807, 2.05) is 6.07 Å². The summed E-state index contributed by atoms with van der Waals surface area (Å²) in [6, 6.07) is 8.38. The molecule has 66 valence electrons. The number of fused-ring (bicyclic) bond motifs is 1. The summed E-state index contributed by atoms with van der Waals surface area (Å²) in [5.41, 5.74) is 4.54. The molecule has 1 aliphatic heterocycles. The van der Waals surface area contributed by atoms with Crippen LogP contribution >= 0.6 is 0 Å². The Labute approximate surface area is 78.0 Å². The fraction of sp³-hybridized carbons (Fsp3) is 0.333. The Balaban J connectivity index is 2.16. The van der Waals surface area contributed by atoms with Crippen LogP contribution in [0.4, 0.5) is 0 Å². The molecule has 1 heterocycles. The van der Waals surface area contributed by atoms with Crippen LogP contribution in [0.2, 0.25) is 0 Å². The predicted molar refractivity (Wildman–Crippen MR) is 52.7 cm³/mol. The summed E-state index contributed by atoms with van der Waals surface area (Å²) in [6.45, 7) is 0.857. The fourth-order valence-electron chi connectivity index (χ4n) is 1.97. The van der Waals surface area contributed by atoms with Gasteiger partial charge in [-0.2, -0.15) is 0 Å². The van der Waals surface area contributed by atoms with E-state index in [-0.39, 0.29) is 0 Å². The highest BCUT2D eigenvalue weighted by Gasteiger charge is 2.23. The Morgan fingerprint density at radius 3 is 2.69 bits per heavy atom. The van der Waals surface area contributed by atoms with Gasteiger partial charge < -0.3 is 4.74 Å². The number of hydrogen-bond donors (Lipinski definition) is 0. The van der Waals surface area contributed by atoms with E-state index in [1.54, 1.807) is 11.1 Å². The molecular formula is C12H12O. The van der Waals surface area contributed by atoms with Crippen LogP contribution in [0, 0.1) is 0 Å². The summed E-state index contributed by atoms with van der Waals surface area (Å²) in [6.07, 6.45) is 3.72. The molecule has 0 N–H and O–H groups in total. The van der Waals surface area contributed by atoms with Gasteiger partial charge in [0.15, 0.2) is 0 Å². The van der Waals surface area contributed by atoms with Gasteiger partial charge in [-0.05, 0) is 24.5 Å². The zero-order valence-corrected chi connectivity index (χ0v) is 7.55. The third-order valence-corrected chi connectivity index (χ3v) is 2.75. The number of ether oxygens (including phenoxy) is 1. The van der Waals surface area contributed by atoms with Crippen molar-refractivity contribution in [1.82, 2.24) is 0 Å². The van der Waals surface area contributed by atoms with Crippen LogP contribution in [0.15, 0.2) is 29.8 Å². The molecule has 1 aromatic carbocycles. The lowest BCUT2D eigenvalue weighted by atomic mass is 9.99. The molecule has 0 saturated heterocycles. The minimum absolute atomic E-state index is 0.857. The molecule has 1 aliphatic carbocycles. The van der Waals surface area contributed by atoms with Crippen LogP contribution in [0.5, 0.6) is 5.75 Å². The fourth-order valence-corrected chi connectivity index (χ4v) is 1.97. The molecule has 1 fully saturated rings. The van der Waals surface area contributed by atoms with Crippen LogP contribution in [-0.4, -0.2) is 6.61 Å². The van der Waals surface area contributed by atoms with Gasteiger partial charge in [-0.15, -0.1) is 0 Å². The van der Waals surface area contributed by atoms with Crippen molar-refractivity contribution in [3.05, 3.63) is 35.4 Å². The monoisotopic (exact) mass is 172 g/mol. The van der Waals surface area contributed by atoms with E-state index in [0.29, 0.717) is 0 Å².